The summed E-state index contributed by atoms with van der Waals surface area (Å²) in [6.07, 6.45) is 0.490. The molecule has 1 aromatic carbocycles. The fraction of sp³-hybridized carbons (Fsp3) is 0.308. The van der Waals surface area contributed by atoms with Gasteiger partial charge in [0.05, 0.1) is 16.3 Å². The Balaban J connectivity index is 2.15. The molecule has 0 atom stereocenters. The number of aromatic nitrogens is 2. The zero-order valence-corrected chi connectivity index (χ0v) is 13.9. The number of aryl methyl sites for hydroxylation is 2. The molecule has 1 aliphatic rings. The number of nitrogens with zero attached hydrogens (tertiary/aromatic N) is 4. The summed E-state index contributed by atoms with van der Waals surface area (Å²) < 4.78 is 28.3. The van der Waals surface area contributed by atoms with Crippen molar-refractivity contribution in [1.82, 2.24) is 9.78 Å². The minimum Gasteiger partial charge on any atom is -0.265 e. The molecular formula is C13H13ClN4O4S. The van der Waals surface area contributed by atoms with Crippen LogP contribution in [0.2, 0.25) is 5.15 Å². The van der Waals surface area contributed by atoms with E-state index in [9.17, 15) is 18.5 Å². The van der Waals surface area contributed by atoms with Gasteiger partial charge in [-0.05, 0) is 18.9 Å². The highest BCUT2D eigenvalue weighted by molar-refractivity contribution is 7.93. The molecule has 2 heterocycles. The average molecular weight is 357 g/mol. The minimum atomic E-state index is -3.94. The maximum absolute atomic E-state index is 13.0. The molecule has 1 aliphatic heterocycles. The zero-order chi connectivity index (χ0) is 16.9. The van der Waals surface area contributed by atoms with Crippen molar-refractivity contribution in [2.45, 2.75) is 18.2 Å². The van der Waals surface area contributed by atoms with Gasteiger partial charge in [-0.1, -0.05) is 17.7 Å². The van der Waals surface area contributed by atoms with E-state index >= 15 is 0 Å². The molecule has 0 radical (unpaired) electrons. The number of benzene rings is 1. The number of fused-ring (bicyclic) bond motifs is 1. The van der Waals surface area contributed by atoms with Gasteiger partial charge in [0.2, 0.25) is 0 Å². The molecule has 0 amide bonds. The van der Waals surface area contributed by atoms with Gasteiger partial charge >= 0.3 is 0 Å². The summed E-state index contributed by atoms with van der Waals surface area (Å²) in [6, 6.07) is 4.23. The van der Waals surface area contributed by atoms with E-state index in [2.05, 4.69) is 5.10 Å². The SMILES string of the molecule is Cc1nn(C)c(Cl)c1S(=O)(=O)N1CCc2ccc([N+](=O)[O-])cc21. The van der Waals surface area contributed by atoms with Gasteiger partial charge in [-0.3, -0.25) is 19.1 Å². The van der Waals surface area contributed by atoms with Gasteiger partial charge in [0.15, 0.2) is 0 Å². The van der Waals surface area contributed by atoms with Crippen molar-refractivity contribution >= 4 is 33.0 Å². The smallest absolute Gasteiger partial charge is 0.265 e. The highest BCUT2D eigenvalue weighted by Gasteiger charge is 2.36. The predicted molar refractivity (Wildman–Crippen MR) is 84.3 cm³/mol. The number of anilines is 1. The number of nitro benzene ring substituents is 1. The van der Waals surface area contributed by atoms with Gasteiger partial charge in [-0.15, -0.1) is 0 Å². The van der Waals surface area contributed by atoms with Crippen LogP contribution < -0.4 is 4.31 Å². The third-order valence-electron chi connectivity index (χ3n) is 3.78. The fourth-order valence-corrected chi connectivity index (χ4v) is 4.92. The number of sulfonamides is 1. The van der Waals surface area contributed by atoms with Crippen molar-refractivity contribution in [1.29, 1.82) is 0 Å². The highest BCUT2D eigenvalue weighted by Crippen LogP contribution is 2.37. The molecule has 0 spiro atoms. The summed E-state index contributed by atoms with van der Waals surface area (Å²) in [6.45, 7) is 1.77. The van der Waals surface area contributed by atoms with Crippen LogP contribution in [0.15, 0.2) is 23.1 Å². The predicted octanol–water partition coefficient (Wildman–Crippen LogP) is 2.04. The lowest BCUT2D eigenvalue weighted by atomic mass is 10.1. The number of hydrogen-bond donors (Lipinski definition) is 0. The van der Waals surface area contributed by atoms with Crippen LogP contribution in [0.4, 0.5) is 11.4 Å². The summed E-state index contributed by atoms with van der Waals surface area (Å²) >= 11 is 6.07. The third-order valence-corrected chi connectivity index (χ3v) is 6.29. The van der Waals surface area contributed by atoms with E-state index in [0.717, 1.165) is 9.87 Å². The monoisotopic (exact) mass is 356 g/mol. The Morgan fingerprint density at radius 1 is 1.39 bits per heavy atom. The van der Waals surface area contributed by atoms with E-state index in [1.54, 1.807) is 20.0 Å². The first-order valence-corrected chi connectivity index (χ1v) is 8.54. The second-order valence-corrected chi connectivity index (χ2v) is 7.38. The van der Waals surface area contributed by atoms with E-state index < -0.39 is 14.9 Å². The zero-order valence-electron chi connectivity index (χ0n) is 12.4. The quantitative estimate of drug-likeness (QED) is 0.619. The first kappa shape index (κ1) is 15.8. The second-order valence-electron chi connectivity index (χ2n) is 5.23. The molecule has 0 aliphatic carbocycles. The molecule has 23 heavy (non-hydrogen) atoms. The normalized spacial score (nSPS) is 14.1. The third kappa shape index (κ3) is 2.36. The fourth-order valence-electron chi connectivity index (χ4n) is 2.72. The molecule has 0 fully saturated rings. The molecule has 3 rings (SSSR count). The van der Waals surface area contributed by atoms with Crippen LogP contribution in [0.1, 0.15) is 11.3 Å². The van der Waals surface area contributed by atoms with Gasteiger partial charge in [-0.25, -0.2) is 8.42 Å². The lowest BCUT2D eigenvalue weighted by Gasteiger charge is -2.19. The Morgan fingerprint density at radius 2 is 2.09 bits per heavy atom. The number of nitro groups is 1. The Morgan fingerprint density at radius 3 is 2.65 bits per heavy atom. The van der Waals surface area contributed by atoms with Crippen molar-refractivity contribution in [3.63, 3.8) is 0 Å². The molecule has 10 heteroatoms. The van der Waals surface area contributed by atoms with E-state index in [-0.39, 0.29) is 28.0 Å². The van der Waals surface area contributed by atoms with Crippen LogP contribution >= 0.6 is 11.6 Å². The van der Waals surface area contributed by atoms with Gasteiger partial charge in [0, 0.05) is 25.7 Å². The van der Waals surface area contributed by atoms with Crippen molar-refractivity contribution in [2.75, 3.05) is 10.8 Å². The first-order valence-electron chi connectivity index (χ1n) is 6.72. The molecular weight excluding hydrogens is 344 g/mol. The van der Waals surface area contributed by atoms with E-state index in [1.807, 2.05) is 0 Å². The molecule has 2 aromatic rings. The molecule has 0 saturated heterocycles. The molecule has 8 nitrogen and oxygen atoms in total. The minimum absolute atomic E-state index is 0.0152. The van der Waals surface area contributed by atoms with Crippen LogP contribution in [0, 0.1) is 17.0 Å². The van der Waals surface area contributed by atoms with Gasteiger partial charge in [0.25, 0.3) is 15.7 Å². The largest absolute Gasteiger partial charge is 0.271 e. The molecule has 0 N–H and O–H groups in total. The van der Waals surface area contributed by atoms with Crippen molar-refractivity contribution < 1.29 is 13.3 Å². The van der Waals surface area contributed by atoms with E-state index in [1.165, 1.54) is 16.8 Å². The summed E-state index contributed by atoms with van der Waals surface area (Å²) in [4.78, 5) is 10.3. The Bertz CT molecular complexity index is 922. The summed E-state index contributed by atoms with van der Waals surface area (Å²) in [5.74, 6) is 0. The summed E-state index contributed by atoms with van der Waals surface area (Å²) in [5.41, 5.74) is 1.20. The van der Waals surface area contributed by atoms with Crippen molar-refractivity contribution in [2.24, 2.45) is 7.05 Å². The van der Waals surface area contributed by atoms with Gasteiger partial charge in [-0.2, -0.15) is 5.10 Å². The molecule has 122 valence electrons. The molecule has 0 bridgehead atoms. The van der Waals surface area contributed by atoms with Crippen molar-refractivity contribution in [3.05, 3.63) is 44.7 Å². The number of halogens is 1. The van der Waals surface area contributed by atoms with Crippen LogP contribution in [-0.4, -0.2) is 29.7 Å². The highest BCUT2D eigenvalue weighted by atomic mass is 35.5. The van der Waals surface area contributed by atoms with E-state index in [0.29, 0.717) is 12.1 Å². The molecule has 1 aromatic heterocycles. The maximum atomic E-state index is 13.0. The molecule has 0 unspecified atom stereocenters. The van der Waals surface area contributed by atoms with Crippen molar-refractivity contribution in [3.8, 4) is 0 Å². The number of non-ortho nitro benzene ring substituents is 1. The van der Waals surface area contributed by atoms with E-state index in [4.69, 9.17) is 11.6 Å². The second kappa shape index (κ2) is 5.20. The summed E-state index contributed by atoms with van der Waals surface area (Å²) in [5, 5.41) is 15.0. The maximum Gasteiger partial charge on any atom is 0.271 e. The Kier molecular flexibility index (Phi) is 3.56. The average Bonchev–Trinajstić information content (AvgIpc) is 3.00. The lowest BCUT2D eigenvalue weighted by molar-refractivity contribution is -0.384. The summed E-state index contributed by atoms with van der Waals surface area (Å²) in [7, 11) is -2.39. The molecule has 0 saturated carbocycles. The number of hydrogen-bond acceptors (Lipinski definition) is 5. The first-order chi connectivity index (χ1) is 10.7. The Labute approximate surface area is 137 Å². The van der Waals surface area contributed by atoms with Crippen LogP contribution in [-0.2, 0) is 23.5 Å². The van der Waals surface area contributed by atoms with Crippen LogP contribution in [0.3, 0.4) is 0 Å². The number of rotatable bonds is 3. The van der Waals surface area contributed by atoms with Gasteiger partial charge in [0.1, 0.15) is 10.0 Å². The van der Waals surface area contributed by atoms with Crippen LogP contribution in [0.25, 0.3) is 0 Å². The lowest BCUT2D eigenvalue weighted by Crippen LogP contribution is -2.29. The topological polar surface area (TPSA) is 98.3 Å². The van der Waals surface area contributed by atoms with Crippen LogP contribution in [0.5, 0.6) is 0 Å². The Hall–Kier alpha value is -2.13. The van der Waals surface area contributed by atoms with Gasteiger partial charge < -0.3 is 0 Å². The standard InChI is InChI=1S/C13H13ClN4O4S/c1-8-12(13(14)16(2)15-8)23(21,22)17-6-5-9-3-4-10(18(19)20)7-11(9)17/h3-4,7H,5-6H2,1-2H3.